The molecule has 25 heavy (non-hydrogen) atoms. The first-order chi connectivity index (χ1) is 10.9. The lowest BCUT2D eigenvalue weighted by atomic mass is 10.0. The summed E-state index contributed by atoms with van der Waals surface area (Å²) in [6.07, 6.45) is -0.0465. The van der Waals surface area contributed by atoms with Crippen molar-refractivity contribution in [3.05, 3.63) is 0 Å². The number of ketones is 1. The van der Waals surface area contributed by atoms with Crippen LogP contribution in [0.4, 0.5) is 0 Å². The number of carbonyl (C=O) groups excluding carboxylic acids is 1. The molecule has 0 N–H and O–H groups in total. The topological polar surface area (TPSA) is 44.8 Å². The largest absolute Gasteiger partial charge is 0.414 e. The standard InChI is InChI=1S/C19H40O4Si2/c1-17(2,3)24(8,9)21-13-16-15(20)12-19(7,23-16)14-22-25(10,11)18(4,5)6/h16H,12-14H2,1-11H3/t16-,19-/m1/s1. The van der Waals surface area contributed by atoms with Crippen molar-refractivity contribution in [2.75, 3.05) is 13.2 Å². The number of Topliss-reactive ketones (excluding diaryl/α,β-unsaturated/α-hetero) is 1. The minimum absolute atomic E-state index is 0.128. The first kappa shape index (κ1) is 23.0. The number of hydrogen-bond acceptors (Lipinski definition) is 4. The van der Waals surface area contributed by atoms with Gasteiger partial charge in [0.2, 0.25) is 0 Å². The first-order valence-corrected chi connectivity index (χ1v) is 15.2. The van der Waals surface area contributed by atoms with Crippen LogP contribution in [0, 0.1) is 0 Å². The maximum atomic E-state index is 12.4. The molecule has 0 aliphatic carbocycles. The van der Waals surface area contributed by atoms with E-state index in [-0.39, 0.29) is 15.9 Å². The average molecular weight is 389 g/mol. The summed E-state index contributed by atoms with van der Waals surface area (Å²) in [6.45, 7) is 25.0. The monoisotopic (exact) mass is 388 g/mol. The highest BCUT2D eigenvalue weighted by molar-refractivity contribution is 6.74. The van der Waals surface area contributed by atoms with Crippen molar-refractivity contribution >= 4 is 22.4 Å². The molecule has 0 aromatic heterocycles. The highest BCUT2D eigenvalue weighted by Crippen LogP contribution is 2.39. The number of hydrogen-bond donors (Lipinski definition) is 0. The van der Waals surface area contributed by atoms with Crippen molar-refractivity contribution in [1.82, 2.24) is 0 Å². The van der Waals surface area contributed by atoms with Crippen molar-refractivity contribution < 1.29 is 18.4 Å². The summed E-state index contributed by atoms with van der Waals surface area (Å²) in [5.41, 5.74) is -0.534. The molecule has 0 aromatic carbocycles. The smallest absolute Gasteiger partial charge is 0.192 e. The van der Waals surface area contributed by atoms with E-state index in [9.17, 15) is 4.79 Å². The van der Waals surface area contributed by atoms with E-state index >= 15 is 0 Å². The van der Waals surface area contributed by atoms with Gasteiger partial charge in [0.25, 0.3) is 0 Å². The minimum atomic E-state index is -1.88. The molecule has 1 heterocycles. The van der Waals surface area contributed by atoms with Gasteiger partial charge in [-0.15, -0.1) is 0 Å². The predicted octanol–water partition coefficient (Wildman–Crippen LogP) is 5.15. The Morgan fingerprint density at radius 1 is 1.00 bits per heavy atom. The molecule has 148 valence electrons. The summed E-state index contributed by atoms with van der Waals surface area (Å²) >= 11 is 0. The van der Waals surface area contributed by atoms with Gasteiger partial charge >= 0.3 is 0 Å². The van der Waals surface area contributed by atoms with Crippen LogP contribution in [0.2, 0.25) is 36.3 Å². The van der Waals surface area contributed by atoms with Gasteiger partial charge in [0.1, 0.15) is 6.10 Å². The average Bonchev–Trinajstić information content (AvgIpc) is 2.67. The minimum Gasteiger partial charge on any atom is -0.414 e. The fraction of sp³-hybridized carbons (Fsp3) is 0.947. The molecular weight excluding hydrogens is 348 g/mol. The Kier molecular flexibility index (Phi) is 6.62. The zero-order valence-electron chi connectivity index (χ0n) is 18.3. The maximum Gasteiger partial charge on any atom is 0.192 e. The molecule has 0 amide bonds. The molecule has 1 rings (SSSR count). The van der Waals surface area contributed by atoms with Gasteiger partial charge in [-0.1, -0.05) is 41.5 Å². The van der Waals surface area contributed by atoms with Gasteiger partial charge < -0.3 is 13.6 Å². The first-order valence-electron chi connectivity index (χ1n) is 9.39. The van der Waals surface area contributed by atoms with Crippen LogP contribution in [0.3, 0.4) is 0 Å². The van der Waals surface area contributed by atoms with Crippen LogP contribution in [0.1, 0.15) is 54.9 Å². The molecule has 0 bridgehead atoms. The summed E-state index contributed by atoms with van der Waals surface area (Å²) in [5, 5.41) is 0.278. The van der Waals surface area contributed by atoms with Crippen LogP contribution in [-0.4, -0.2) is 47.3 Å². The fourth-order valence-electron chi connectivity index (χ4n) is 2.20. The molecule has 4 nitrogen and oxygen atoms in total. The second kappa shape index (κ2) is 7.19. The van der Waals surface area contributed by atoms with Crippen molar-refractivity contribution in [3.63, 3.8) is 0 Å². The summed E-state index contributed by atoms with van der Waals surface area (Å²) in [5.74, 6) is 0.139. The van der Waals surface area contributed by atoms with Crippen molar-refractivity contribution in [3.8, 4) is 0 Å². The van der Waals surface area contributed by atoms with Crippen LogP contribution >= 0.6 is 0 Å². The third-order valence-corrected chi connectivity index (χ3v) is 15.3. The van der Waals surface area contributed by atoms with Gasteiger partial charge in [0.15, 0.2) is 22.4 Å². The van der Waals surface area contributed by atoms with Gasteiger partial charge in [-0.05, 0) is 43.2 Å². The molecular formula is C19H40O4Si2. The zero-order chi connectivity index (χ0) is 19.9. The number of carbonyl (C=O) groups is 1. The van der Waals surface area contributed by atoms with Crippen LogP contribution in [0.15, 0.2) is 0 Å². The van der Waals surface area contributed by atoms with Crippen molar-refractivity contribution in [1.29, 1.82) is 0 Å². The third kappa shape index (κ3) is 5.73. The van der Waals surface area contributed by atoms with Crippen molar-refractivity contribution in [2.45, 2.75) is 103 Å². The van der Waals surface area contributed by atoms with E-state index in [1.807, 2.05) is 6.92 Å². The molecule has 1 saturated heterocycles. The quantitative estimate of drug-likeness (QED) is 0.590. The Balaban J connectivity index is 2.66. The third-order valence-electron chi connectivity index (χ3n) is 6.28. The highest BCUT2D eigenvalue weighted by atomic mass is 28.4. The maximum absolute atomic E-state index is 12.4. The van der Waals surface area contributed by atoms with E-state index < -0.39 is 28.3 Å². The lowest BCUT2D eigenvalue weighted by Crippen LogP contribution is -2.46. The van der Waals surface area contributed by atoms with Crippen molar-refractivity contribution in [2.24, 2.45) is 0 Å². The Bertz CT molecular complexity index is 489. The number of rotatable bonds is 6. The van der Waals surface area contributed by atoms with Crippen LogP contribution < -0.4 is 0 Å². The van der Waals surface area contributed by atoms with E-state index in [2.05, 4.69) is 67.7 Å². The second-order valence-corrected chi connectivity index (χ2v) is 20.4. The lowest BCUT2D eigenvalue weighted by molar-refractivity contribution is -0.126. The van der Waals surface area contributed by atoms with E-state index in [0.717, 1.165) is 0 Å². The summed E-state index contributed by atoms with van der Waals surface area (Å²) in [4.78, 5) is 12.4. The second-order valence-electron chi connectivity index (χ2n) is 10.8. The van der Waals surface area contributed by atoms with E-state index in [0.29, 0.717) is 19.6 Å². The Labute approximate surface area is 157 Å². The van der Waals surface area contributed by atoms with Gasteiger partial charge in [-0.3, -0.25) is 4.79 Å². The normalized spacial score (nSPS) is 26.4. The van der Waals surface area contributed by atoms with E-state index in [4.69, 9.17) is 13.6 Å². The zero-order valence-corrected chi connectivity index (χ0v) is 20.3. The molecule has 6 heteroatoms. The van der Waals surface area contributed by atoms with Crippen LogP contribution in [0.5, 0.6) is 0 Å². The summed E-state index contributed by atoms with van der Waals surface area (Å²) < 4.78 is 18.6. The van der Waals surface area contributed by atoms with E-state index in [1.165, 1.54) is 0 Å². The van der Waals surface area contributed by atoms with Crippen LogP contribution in [-0.2, 0) is 18.4 Å². The Morgan fingerprint density at radius 3 is 1.88 bits per heavy atom. The molecule has 2 atom stereocenters. The van der Waals surface area contributed by atoms with Gasteiger partial charge in [0.05, 0.1) is 18.8 Å². The van der Waals surface area contributed by atoms with Gasteiger partial charge in [0, 0.05) is 6.42 Å². The van der Waals surface area contributed by atoms with Crippen LogP contribution in [0.25, 0.3) is 0 Å². The molecule has 1 aliphatic rings. The van der Waals surface area contributed by atoms with Gasteiger partial charge in [-0.2, -0.15) is 0 Å². The van der Waals surface area contributed by atoms with E-state index in [1.54, 1.807) is 0 Å². The molecule has 0 unspecified atom stereocenters. The Morgan fingerprint density at radius 2 is 1.44 bits per heavy atom. The molecule has 0 spiro atoms. The SMILES string of the molecule is CC(C)(C)[Si](C)(C)OC[C@H]1O[C@@](C)(CO[Si](C)(C)C(C)(C)C)CC1=O. The van der Waals surface area contributed by atoms with Gasteiger partial charge in [-0.25, -0.2) is 0 Å². The molecule has 0 aromatic rings. The molecule has 0 saturated carbocycles. The lowest BCUT2D eigenvalue weighted by Gasteiger charge is -2.39. The highest BCUT2D eigenvalue weighted by Gasteiger charge is 2.47. The summed E-state index contributed by atoms with van der Waals surface area (Å²) in [7, 11) is -3.73. The fourth-order valence-corrected chi connectivity index (χ4v) is 4.30. The Hall–Kier alpha value is -0.0162. The molecule has 1 fully saturated rings. The summed E-state index contributed by atoms with van der Waals surface area (Å²) in [6, 6.07) is 0. The predicted molar refractivity (Wildman–Crippen MR) is 109 cm³/mol. The molecule has 1 aliphatic heterocycles. The number of ether oxygens (including phenoxy) is 1. The molecule has 0 radical (unpaired) electrons.